The predicted molar refractivity (Wildman–Crippen MR) is 64.7 cm³/mol. The molecular weight excluding hydrogens is 221 g/mol. The number of rotatable bonds is 5. The Morgan fingerprint density at radius 1 is 1.47 bits per heavy atom. The summed E-state index contributed by atoms with van der Waals surface area (Å²) in [5, 5.41) is 0. The van der Waals surface area contributed by atoms with E-state index in [1.807, 2.05) is 19.0 Å². The van der Waals surface area contributed by atoms with Gasteiger partial charge in [0.1, 0.15) is 5.78 Å². The van der Waals surface area contributed by atoms with Crippen molar-refractivity contribution in [1.29, 1.82) is 0 Å². The molecule has 94 valence electrons. The van der Waals surface area contributed by atoms with Gasteiger partial charge in [0.2, 0.25) is 0 Å². The molecule has 0 fully saturated rings. The highest BCUT2D eigenvalue weighted by Gasteiger charge is 2.17. The topological polar surface area (TPSA) is 29.5 Å². The molecule has 0 heterocycles. The zero-order valence-corrected chi connectivity index (χ0v) is 10.7. The molecule has 0 saturated carbocycles. The largest absolute Gasteiger partial charge is 0.494 e. The van der Waals surface area contributed by atoms with Crippen LogP contribution in [0.3, 0.4) is 0 Å². The lowest BCUT2D eigenvalue weighted by Crippen LogP contribution is -2.22. The Balaban J connectivity index is 3.02. The molecule has 1 atom stereocenters. The van der Waals surface area contributed by atoms with Gasteiger partial charge in [0, 0.05) is 12.5 Å². The lowest BCUT2D eigenvalue weighted by Gasteiger charge is -2.24. The molecule has 0 N–H and O–H groups in total. The van der Waals surface area contributed by atoms with Gasteiger partial charge in [0.15, 0.2) is 11.6 Å². The fraction of sp³-hybridized carbons (Fsp3) is 0.462. The van der Waals surface area contributed by atoms with Crippen molar-refractivity contribution in [2.24, 2.45) is 0 Å². The predicted octanol–water partition coefficient (Wildman–Crippen LogP) is 2.42. The molecule has 0 saturated heterocycles. The minimum absolute atomic E-state index is 0.0833. The van der Waals surface area contributed by atoms with Gasteiger partial charge in [0.05, 0.1) is 7.11 Å². The van der Waals surface area contributed by atoms with E-state index in [-0.39, 0.29) is 17.6 Å². The average molecular weight is 239 g/mol. The first-order valence-electron chi connectivity index (χ1n) is 5.45. The van der Waals surface area contributed by atoms with Gasteiger partial charge in [-0.1, -0.05) is 6.07 Å². The molecule has 3 nitrogen and oxygen atoms in total. The van der Waals surface area contributed by atoms with Gasteiger partial charge in [-0.3, -0.25) is 4.79 Å². The molecule has 0 aliphatic carbocycles. The van der Waals surface area contributed by atoms with E-state index in [1.165, 1.54) is 20.1 Å². The van der Waals surface area contributed by atoms with Crippen LogP contribution < -0.4 is 4.74 Å². The molecular formula is C13H18FNO2. The van der Waals surface area contributed by atoms with Crippen LogP contribution in [0.25, 0.3) is 0 Å². The van der Waals surface area contributed by atoms with Crippen LogP contribution in [0.4, 0.5) is 4.39 Å². The van der Waals surface area contributed by atoms with Crippen molar-refractivity contribution in [3.8, 4) is 5.75 Å². The Labute approximate surface area is 101 Å². The number of methoxy groups -OCH3 is 1. The molecule has 1 aromatic carbocycles. The van der Waals surface area contributed by atoms with Crippen LogP contribution in [0, 0.1) is 5.82 Å². The van der Waals surface area contributed by atoms with E-state index in [2.05, 4.69) is 0 Å². The van der Waals surface area contributed by atoms with Crippen LogP contribution in [0.5, 0.6) is 5.75 Å². The second kappa shape index (κ2) is 5.77. The van der Waals surface area contributed by atoms with E-state index in [0.717, 1.165) is 5.56 Å². The van der Waals surface area contributed by atoms with Gasteiger partial charge in [-0.2, -0.15) is 0 Å². The maximum atomic E-state index is 13.6. The number of nitrogens with zero attached hydrogens (tertiary/aromatic N) is 1. The molecule has 0 amide bonds. The summed E-state index contributed by atoms with van der Waals surface area (Å²) in [6.07, 6.45) is 0.374. The number of carbonyl (C=O) groups excluding carboxylic acids is 1. The summed E-state index contributed by atoms with van der Waals surface area (Å²) in [6, 6.07) is 4.69. The number of Topliss-reactive ketones (excluding diaryl/α,β-unsaturated/α-hetero) is 1. The van der Waals surface area contributed by atoms with Gasteiger partial charge >= 0.3 is 0 Å². The second-order valence-electron chi connectivity index (χ2n) is 4.28. The van der Waals surface area contributed by atoms with Crippen molar-refractivity contribution in [2.75, 3.05) is 21.2 Å². The standard InChI is InChI=1S/C13H18FNO2/c1-9(16)7-12(15(2)3)10-5-6-13(17-4)11(14)8-10/h5-6,8,12H,7H2,1-4H3. The fourth-order valence-corrected chi connectivity index (χ4v) is 1.76. The van der Waals surface area contributed by atoms with Gasteiger partial charge in [-0.05, 0) is 38.7 Å². The Bertz CT molecular complexity index is 404. The van der Waals surface area contributed by atoms with Crippen LogP contribution in [0.1, 0.15) is 24.9 Å². The van der Waals surface area contributed by atoms with Crippen LogP contribution in [0.15, 0.2) is 18.2 Å². The molecule has 0 aliphatic rings. The van der Waals surface area contributed by atoms with Gasteiger partial charge in [0.25, 0.3) is 0 Å². The molecule has 17 heavy (non-hydrogen) atoms. The first kappa shape index (κ1) is 13.6. The van der Waals surface area contributed by atoms with Crippen molar-refractivity contribution < 1.29 is 13.9 Å². The number of halogens is 1. The Morgan fingerprint density at radius 2 is 2.12 bits per heavy atom. The average Bonchev–Trinajstić information content (AvgIpc) is 2.25. The maximum absolute atomic E-state index is 13.6. The van der Waals surface area contributed by atoms with Crippen LogP contribution in [-0.4, -0.2) is 31.9 Å². The van der Waals surface area contributed by atoms with E-state index in [4.69, 9.17) is 4.74 Å². The zero-order chi connectivity index (χ0) is 13.0. The van der Waals surface area contributed by atoms with Crippen molar-refractivity contribution in [3.63, 3.8) is 0 Å². The molecule has 4 heteroatoms. The summed E-state index contributed by atoms with van der Waals surface area (Å²) in [5.74, 6) is -0.102. The maximum Gasteiger partial charge on any atom is 0.165 e. The van der Waals surface area contributed by atoms with Gasteiger partial charge in [-0.25, -0.2) is 4.39 Å². The van der Waals surface area contributed by atoms with Gasteiger partial charge in [-0.15, -0.1) is 0 Å². The number of ether oxygens (including phenoxy) is 1. The number of hydrogen-bond donors (Lipinski definition) is 0. The lowest BCUT2D eigenvalue weighted by atomic mass is 10.0. The molecule has 0 radical (unpaired) electrons. The molecule has 0 aromatic heterocycles. The summed E-state index contributed by atoms with van der Waals surface area (Å²) in [7, 11) is 5.17. The summed E-state index contributed by atoms with van der Waals surface area (Å²) < 4.78 is 18.4. The zero-order valence-electron chi connectivity index (χ0n) is 10.7. The van der Waals surface area contributed by atoms with Crippen LogP contribution >= 0.6 is 0 Å². The van der Waals surface area contributed by atoms with Crippen molar-refractivity contribution in [2.45, 2.75) is 19.4 Å². The third-order valence-electron chi connectivity index (χ3n) is 2.66. The fourth-order valence-electron chi connectivity index (χ4n) is 1.76. The number of benzene rings is 1. The smallest absolute Gasteiger partial charge is 0.165 e. The van der Waals surface area contributed by atoms with E-state index < -0.39 is 5.82 Å². The number of ketones is 1. The van der Waals surface area contributed by atoms with E-state index in [0.29, 0.717) is 6.42 Å². The van der Waals surface area contributed by atoms with E-state index in [9.17, 15) is 9.18 Å². The molecule has 0 aliphatic heterocycles. The molecule has 1 unspecified atom stereocenters. The normalized spacial score (nSPS) is 12.6. The summed E-state index contributed by atoms with van der Waals surface area (Å²) >= 11 is 0. The quantitative estimate of drug-likeness (QED) is 0.790. The Hall–Kier alpha value is -1.42. The first-order valence-corrected chi connectivity index (χ1v) is 5.45. The third kappa shape index (κ3) is 3.53. The third-order valence-corrected chi connectivity index (χ3v) is 2.66. The minimum Gasteiger partial charge on any atom is -0.494 e. The van der Waals surface area contributed by atoms with E-state index in [1.54, 1.807) is 12.1 Å². The monoisotopic (exact) mass is 239 g/mol. The second-order valence-corrected chi connectivity index (χ2v) is 4.28. The summed E-state index contributed by atoms with van der Waals surface area (Å²) in [6.45, 7) is 1.54. The van der Waals surface area contributed by atoms with Crippen LogP contribution in [0.2, 0.25) is 0 Å². The highest BCUT2D eigenvalue weighted by atomic mass is 19.1. The number of hydrogen-bond acceptors (Lipinski definition) is 3. The Kier molecular flexibility index (Phi) is 4.63. The molecule has 0 spiro atoms. The highest BCUT2D eigenvalue weighted by Crippen LogP contribution is 2.26. The molecule has 0 bridgehead atoms. The van der Waals surface area contributed by atoms with Crippen molar-refractivity contribution >= 4 is 5.78 Å². The van der Waals surface area contributed by atoms with Crippen molar-refractivity contribution in [1.82, 2.24) is 4.90 Å². The minimum atomic E-state index is -0.402. The molecule has 1 aromatic rings. The number of carbonyl (C=O) groups is 1. The van der Waals surface area contributed by atoms with Crippen LogP contribution in [-0.2, 0) is 4.79 Å². The van der Waals surface area contributed by atoms with E-state index >= 15 is 0 Å². The highest BCUT2D eigenvalue weighted by molar-refractivity contribution is 5.76. The lowest BCUT2D eigenvalue weighted by molar-refractivity contribution is -0.118. The molecule has 1 rings (SSSR count). The SMILES string of the molecule is COc1ccc(C(CC(C)=O)N(C)C)cc1F. The Morgan fingerprint density at radius 3 is 2.53 bits per heavy atom. The van der Waals surface area contributed by atoms with Crippen molar-refractivity contribution in [3.05, 3.63) is 29.6 Å². The van der Waals surface area contributed by atoms with Gasteiger partial charge < -0.3 is 9.64 Å². The summed E-state index contributed by atoms with van der Waals surface area (Å²) in [5.41, 5.74) is 0.781. The summed E-state index contributed by atoms with van der Waals surface area (Å²) in [4.78, 5) is 13.1. The first-order chi connectivity index (χ1) is 7.95.